The molecule has 1 aromatic heterocycles. The van der Waals surface area contributed by atoms with Gasteiger partial charge < -0.3 is 14.8 Å². The topological polar surface area (TPSA) is 92.4 Å². The molecule has 0 aliphatic heterocycles. The SMILES string of the molecule is CCS(=O)CCNc1nc2ccc(C(=O)O)cc2o1. The number of benzene rings is 1. The van der Waals surface area contributed by atoms with Crippen molar-refractivity contribution in [3.8, 4) is 0 Å². The van der Waals surface area contributed by atoms with Gasteiger partial charge in [-0.1, -0.05) is 6.92 Å². The number of oxazole rings is 1. The summed E-state index contributed by atoms with van der Waals surface area (Å²) in [6.07, 6.45) is 0. The van der Waals surface area contributed by atoms with Crippen molar-refractivity contribution in [3.05, 3.63) is 23.8 Å². The summed E-state index contributed by atoms with van der Waals surface area (Å²) in [6, 6.07) is 4.81. The molecule has 0 bridgehead atoms. The zero-order chi connectivity index (χ0) is 13.8. The molecule has 2 N–H and O–H groups in total. The summed E-state index contributed by atoms with van der Waals surface area (Å²) in [4.78, 5) is 15.0. The summed E-state index contributed by atoms with van der Waals surface area (Å²) in [6.45, 7) is 2.36. The average Bonchev–Trinajstić information content (AvgIpc) is 2.79. The van der Waals surface area contributed by atoms with Gasteiger partial charge in [-0.05, 0) is 18.2 Å². The third-order valence-corrected chi connectivity index (χ3v) is 3.87. The number of nitrogens with one attached hydrogen (secondary N) is 1. The molecule has 1 unspecified atom stereocenters. The van der Waals surface area contributed by atoms with E-state index in [1.165, 1.54) is 12.1 Å². The van der Waals surface area contributed by atoms with Crippen LogP contribution in [0.25, 0.3) is 11.1 Å². The summed E-state index contributed by atoms with van der Waals surface area (Å²) in [5.74, 6) is 0.137. The van der Waals surface area contributed by atoms with Crippen molar-refractivity contribution in [1.82, 2.24) is 4.98 Å². The lowest BCUT2D eigenvalue weighted by Crippen LogP contribution is -2.11. The molecule has 1 heterocycles. The van der Waals surface area contributed by atoms with Crippen molar-refractivity contribution in [2.24, 2.45) is 0 Å². The van der Waals surface area contributed by atoms with Crippen LogP contribution in [0.4, 0.5) is 6.01 Å². The summed E-state index contributed by atoms with van der Waals surface area (Å²) in [5, 5.41) is 11.8. The Morgan fingerprint density at radius 3 is 3.00 bits per heavy atom. The van der Waals surface area contributed by atoms with Crippen LogP contribution in [0, 0.1) is 0 Å². The minimum atomic E-state index is -1.01. The van der Waals surface area contributed by atoms with Crippen LogP contribution in [-0.2, 0) is 10.8 Å². The number of nitrogens with zero attached hydrogens (tertiary/aromatic N) is 1. The van der Waals surface area contributed by atoms with Crippen molar-refractivity contribution in [3.63, 3.8) is 0 Å². The standard InChI is InChI=1S/C12H14N2O4S/c1-2-19(17)6-5-13-12-14-9-4-3-8(11(15)16)7-10(9)18-12/h3-4,7H,2,5-6H2,1H3,(H,13,14)(H,15,16). The van der Waals surface area contributed by atoms with Gasteiger partial charge in [-0.25, -0.2) is 4.79 Å². The Morgan fingerprint density at radius 2 is 2.32 bits per heavy atom. The van der Waals surface area contributed by atoms with Crippen LogP contribution < -0.4 is 5.32 Å². The lowest BCUT2D eigenvalue weighted by molar-refractivity contribution is 0.0697. The Labute approximate surface area is 112 Å². The van der Waals surface area contributed by atoms with Crippen LogP contribution in [0.5, 0.6) is 0 Å². The number of aromatic carboxylic acids is 1. The van der Waals surface area contributed by atoms with Gasteiger partial charge in [0.05, 0.1) is 5.56 Å². The third-order valence-electron chi connectivity index (χ3n) is 2.56. The Balaban J connectivity index is 2.09. The summed E-state index contributed by atoms with van der Waals surface area (Å²) in [5.41, 5.74) is 1.16. The monoisotopic (exact) mass is 282 g/mol. The first-order valence-corrected chi connectivity index (χ1v) is 7.31. The van der Waals surface area contributed by atoms with Crippen LogP contribution in [0.15, 0.2) is 22.6 Å². The Kier molecular flexibility index (Phi) is 4.16. The van der Waals surface area contributed by atoms with Crippen LogP contribution in [-0.4, -0.2) is 38.3 Å². The molecule has 1 aromatic carbocycles. The van der Waals surface area contributed by atoms with E-state index < -0.39 is 16.8 Å². The van der Waals surface area contributed by atoms with E-state index in [1.54, 1.807) is 6.07 Å². The van der Waals surface area contributed by atoms with Gasteiger partial charge in [-0.15, -0.1) is 0 Å². The van der Waals surface area contributed by atoms with Crippen molar-refractivity contribution < 1.29 is 18.5 Å². The van der Waals surface area contributed by atoms with Gasteiger partial charge in [-0.3, -0.25) is 4.21 Å². The molecule has 2 rings (SSSR count). The average molecular weight is 282 g/mol. The fourth-order valence-electron chi connectivity index (χ4n) is 1.55. The number of rotatable bonds is 6. The first-order chi connectivity index (χ1) is 9.10. The lowest BCUT2D eigenvalue weighted by Gasteiger charge is -1.99. The van der Waals surface area contributed by atoms with Gasteiger partial charge in [0, 0.05) is 28.9 Å². The molecule has 2 aromatic rings. The minimum absolute atomic E-state index is 0.155. The number of anilines is 1. The van der Waals surface area contributed by atoms with Crippen LogP contribution in [0.3, 0.4) is 0 Å². The highest BCUT2D eigenvalue weighted by molar-refractivity contribution is 7.84. The molecular formula is C12H14N2O4S. The molecule has 6 nitrogen and oxygen atoms in total. The normalized spacial score (nSPS) is 12.5. The van der Waals surface area contributed by atoms with E-state index in [-0.39, 0.29) is 5.56 Å². The minimum Gasteiger partial charge on any atom is -0.478 e. The van der Waals surface area contributed by atoms with E-state index in [9.17, 15) is 9.00 Å². The quantitative estimate of drug-likeness (QED) is 0.838. The number of aromatic nitrogens is 1. The summed E-state index contributed by atoms with van der Waals surface area (Å²) < 4.78 is 16.6. The van der Waals surface area contributed by atoms with Gasteiger partial charge in [-0.2, -0.15) is 4.98 Å². The molecule has 1 atom stereocenters. The van der Waals surface area contributed by atoms with E-state index in [2.05, 4.69) is 10.3 Å². The summed E-state index contributed by atoms with van der Waals surface area (Å²) >= 11 is 0. The van der Waals surface area contributed by atoms with E-state index in [1.807, 2.05) is 6.92 Å². The van der Waals surface area contributed by atoms with E-state index >= 15 is 0 Å². The van der Waals surface area contributed by atoms with Gasteiger partial charge >= 0.3 is 5.97 Å². The molecule has 7 heteroatoms. The molecule has 102 valence electrons. The first-order valence-electron chi connectivity index (χ1n) is 5.83. The number of hydrogen-bond acceptors (Lipinski definition) is 5. The number of carbonyl (C=O) groups is 1. The number of carboxylic acids is 1. The first kappa shape index (κ1) is 13.5. The van der Waals surface area contributed by atoms with E-state index in [4.69, 9.17) is 9.52 Å². The third kappa shape index (κ3) is 3.31. The molecule has 0 aliphatic carbocycles. The van der Waals surface area contributed by atoms with E-state index in [0.29, 0.717) is 35.2 Å². The number of hydrogen-bond donors (Lipinski definition) is 2. The Morgan fingerprint density at radius 1 is 1.53 bits per heavy atom. The Hall–Kier alpha value is -1.89. The van der Waals surface area contributed by atoms with Crippen molar-refractivity contribution in [1.29, 1.82) is 0 Å². The molecule has 0 saturated carbocycles. The Bertz CT molecular complexity index is 623. The highest BCUT2D eigenvalue weighted by Gasteiger charge is 2.09. The van der Waals surface area contributed by atoms with Crippen molar-refractivity contribution in [2.75, 3.05) is 23.4 Å². The predicted octanol–water partition coefficient (Wildman–Crippen LogP) is 1.71. The van der Waals surface area contributed by atoms with E-state index in [0.717, 1.165) is 0 Å². The van der Waals surface area contributed by atoms with Crippen molar-refractivity contribution in [2.45, 2.75) is 6.92 Å². The maximum Gasteiger partial charge on any atom is 0.335 e. The predicted molar refractivity (Wildman–Crippen MR) is 73.0 cm³/mol. The molecule has 0 amide bonds. The van der Waals surface area contributed by atoms with Crippen LogP contribution in [0.2, 0.25) is 0 Å². The number of fused-ring (bicyclic) bond motifs is 1. The molecule has 0 radical (unpaired) electrons. The lowest BCUT2D eigenvalue weighted by atomic mass is 10.2. The fourth-order valence-corrected chi connectivity index (χ4v) is 2.17. The highest BCUT2D eigenvalue weighted by atomic mass is 32.2. The van der Waals surface area contributed by atoms with Gasteiger partial charge in [0.25, 0.3) is 6.01 Å². The highest BCUT2D eigenvalue weighted by Crippen LogP contribution is 2.20. The largest absolute Gasteiger partial charge is 0.478 e. The molecule has 0 saturated heterocycles. The molecule has 0 spiro atoms. The van der Waals surface area contributed by atoms with Crippen LogP contribution in [0.1, 0.15) is 17.3 Å². The second-order valence-electron chi connectivity index (χ2n) is 3.87. The van der Waals surface area contributed by atoms with Gasteiger partial charge in [0.15, 0.2) is 5.58 Å². The van der Waals surface area contributed by atoms with Gasteiger partial charge in [0.2, 0.25) is 0 Å². The number of carboxylic acid groups (broad SMARTS) is 1. The molecular weight excluding hydrogens is 268 g/mol. The maximum atomic E-state index is 11.2. The van der Waals surface area contributed by atoms with Crippen molar-refractivity contribution >= 4 is 33.9 Å². The molecule has 0 aliphatic rings. The fraction of sp³-hybridized carbons (Fsp3) is 0.333. The molecule has 19 heavy (non-hydrogen) atoms. The zero-order valence-electron chi connectivity index (χ0n) is 10.4. The smallest absolute Gasteiger partial charge is 0.335 e. The second-order valence-corrected chi connectivity index (χ2v) is 5.73. The van der Waals surface area contributed by atoms with Crippen LogP contribution >= 0.6 is 0 Å². The van der Waals surface area contributed by atoms with Gasteiger partial charge in [0.1, 0.15) is 5.52 Å². The maximum absolute atomic E-state index is 11.2. The zero-order valence-corrected chi connectivity index (χ0v) is 11.2. The second kappa shape index (κ2) is 5.83. The molecule has 0 fully saturated rings. The summed E-state index contributed by atoms with van der Waals surface area (Å²) in [7, 11) is -0.838.